The Labute approximate surface area is 183 Å². The Morgan fingerprint density at radius 1 is 1.14 bits per heavy atom. The number of thiophene rings is 1. The van der Waals surface area contributed by atoms with Gasteiger partial charge in [-0.2, -0.15) is 0 Å². The molecule has 1 N–H and O–H groups in total. The molecule has 0 unspecified atom stereocenters. The maximum Gasteiger partial charge on any atom is 0.269 e. The van der Waals surface area contributed by atoms with Gasteiger partial charge in [-0.25, -0.2) is 0 Å². The van der Waals surface area contributed by atoms with Gasteiger partial charge >= 0.3 is 0 Å². The predicted octanol–water partition coefficient (Wildman–Crippen LogP) is 6.91. The highest BCUT2D eigenvalue weighted by Gasteiger charge is 2.20. The van der Waals surface area contributed by atoms with Crippen LogP contribution >= 0.6 is 57.6 Å². The van der Waals surface area contributed by atoms with E-state index in [0.29, 0.717) is 25.4 Å². The van der Waals surface area contributed by atoms with Crippen molar-refractivity contribution >= 4 is 78.8 Å². The maximum atomic E-state index is 12.6. The summed E-state index contributed by atoms with van der Waals surface area (Å²) in [5.41, 5.74) is 2.45. The number of rotatable bonds is 5. The highest BCUT2D eigenvalue weighted by Crippen LogP contribution is 2.40. The average Bonchev–Trinajstić information content (AvgIpc) is 3.25. The lowest BCUT2D eigenvalue weighted by Gasteiger charge is -2.00. The van der Waals surface area contributed by atoms with Gasteiger partial charge in [0, 0.05) is 15.8 Å². The number of nitrogens with zero attached hydrogens (tertiary/aromatic N) is 2. The molecule has 1 amide bonds. The smallest absolute Gasteiger partial charge is 0.269 e. The minimum absolute atomic E-state index is 0.311. The number of carbonyl (C=O) groups is 1. The number of amides is 1. The molecule has 0 bridgehead atoms. The van der Waals surface area contributed by atoms with E-state index in [0.717, 1.165) is 14.8 Å². The number of halogens is 2. The first-order valence-corrected chi connectivity index (χ1v) is 11.6. The van der Waals surface area contributed by atoms with Crippen LogP contribution in [0.15, 0.2) is 46.8 Å². The largest absolute Gasteiger partial charge is 0.296 e. The van der Waals surface area contributed by atoms with Crippen molar-refractivity contribution in [3.05, 3.63) is 68.5 Å². The zero-order chi connectivity index (χ0) is 19.7. The van der Waals surface area contributed by atoms with Crippen LogP contribution in [0, 0.1) is 6.92 Å². The third-order valence-electron chi connectivity index (χ3n) is 3.88. The number of fused-ring (bicyclic) bond motifs is 1. The van der Waals surface area contributed by atoms with Crippen molar-refractivity contribution in [2.45, 2.75) is 17.0 Å². The Balaban J connectivity index is 1.46. The Bertz CT molecular complexity index is 1170. The minimum Gasteiger partial charge on any atom is -0.296 e. The third kappa shape index (κ3) is 4.18. The van der Waals surface area contributed by atoms with Crippen LogP contribution in [-0.4, -0.2) is 16.1 Å². The van der Waals surface area contributed by atoms with Gasteiger partial charge in [0.25, 0.3) is 5.91 Å². The first-order valence-electron chi connectivity index (χ1n) is 8.21. The van der Waals surface area contributed by atoms with Crippen molar-refractivity contribution in [1.29, 1.82) is 0 Å². The lowest BCUT2D eigenvalue weighted by molar-refractivity contribution is 0.103. The van der Waals surface area contributed by atoms with Gasteiger partial charge in [-0.15, -0.1) is 21.5 Å². The second kappa shape index (κ2) is 8.39. The normalized spacial score (nSPS) is 11.1. The number of anilines is 1. The van der Waals surface area contributed by atoms with Crippen molar-refractivity contribution in [3.8, 4) is 0 Å². The summed E-state index contributed by atoms with van der Waals surface area (Å²) < 4.78 is 1.66. The molecule has 9 heteroatoms. The number of aryl methyl sites for hydroxylation is 1. The van der Waals surface area contributed by atoms with Gasteiger partial charge in [-0.3, -0.25) is 10.1 Å². The fraction of sp³-hybridized carbons (Fsp3) is 0.105. The van der Waals surface area contributed by atoms with E-state index in [-0.39, 0.29) is 5.91 Å². The fourth-order valence-corrected chi connectivity index (χ4v) is 6.18. The zero-order valence-electron chi connectivity index (χ0n) is 14.5. The minimum atomic E-state index is -0.311. The van der Waals surface area contributed by atoms with E-state index < -0.39 is 0 Å². The van der Waals surface area contributed by atoms with E-state index in [4.69, 9.17) is 23.2 Å². The molecule has 4 rings (SSSR count). The van der Waals surface area contributed by atoms with Gasteiger partial charge in [0.05, 0.1) is 10.0 Å². The Kier molecular flexibility index (Phi) is 5.89. The quantitative estimate of drug-likeness (QED) is 0.256. The molecular formula is C19H13Cl2N3OS3. The zero-order valence-corrected chi connectivity index (χ0v) is 18.5. The van der Waals surface area contributed by atoms with E-state index in [2.05, 4.69) is 40.6 Å². The van der Waals surface area contributed by atoms with Crippen LogP contribution in [0.2, 0.25) is 10.0 Å². The highest BCUT2D eigenvalue weighted by atomic mass is 35.5. The summed E-state index contributed by atoms with van der Waals surface area (Å²) in [6, 6.07) is 13.8. The first kappa shape index (κ1) is 19.7. The number of hydrogen-bond donors (Lipinski definition) is 1. The molecule has 2 aromatic carbocycles. The summed E-state index contributed by atoms with van der Waals surface area (Å²) in [5.74, 6) is 0.485. The number of carbonyl (C=O) groups excluding carboxylic acids is 1. The molecule has 0 saturated carbocycles. The molecule has 4 aromatic rings. The van der Waals surface area contributed by atoms with Gasteiger partial charge in [-0.05, 0) is 24.6 Å². The summed E-state index contributed by atoms with van der Waals surface area (Å²) in [4.78, 5) is 13.1. The van der Waals surface area contributed by atoms with Gasteiger partial charge in [0.15, 0.2) is 4.34 Å². The molecule has 0 aliphatic heterocycles. The van der Waals surface area contributed by atoms with Gasteiger partial charge in [0.2, 0.25) is 5.13 Å². The van der Waals surface area contributed by atoms with Crippen molar-refractivity contribution in [2.24, 2.45) is 0 Å². The molecule has 28 heavy (non-hydrogen) atoms. The summed E-state index contributed by atoms with van der Waals surface area (Å²) in [6.07, 6.45) is 0. The molecule has 142 valence electrons. The molecule has 0 aliphatic carbocycles. The lowest BCUT2D eigenvalue weighted by atomic mass is 10.2. The van der Waals surface area contributed by atoms with Crippen molar-refractivity contribution in [1.82, 2.24) is 10.2 Å². The standard InChI is InChI=1S/C19H13Cl2N3OS3/c1-10-4-2-5-11(8-10)9-26-19-24-23-18(28-19)22-17(25)16-15(21)14-12(20)6-3-7-13(14)27-16/h2-8H,9H2,1H3,(H,22,23,25). The number of hydrogen-bond acceptors (Lipinski definition) is 6. The molecule has 0 saturated heterocycles. The molecule has 0 fully saturated rings. The van der Waals surface area contributed by atoms with Crippen molar-refractivity contribution < 1.29 is 4.79 Å². The SMILES string of the molecule is Cc1cccc(CSc2nnc(NC(=O)c3sc4cccc(Cl)c4c3Cl)s2)c1. The van der Waals surface area contributed by atoms with Crippen LogP contribution in [-0.2, 0) is 5.75 Å². The van der Waals surface area contributed by atoms with Crippen LogP contribution in [0.3, 0.4) is 0 Å². The fourth-order valence-electron chi connectivity index (χ4n) is 2.64. The summed E-state index contributed by atoms with van der Waals surface area (Å²) in [6.45, 7) is 2.07. The summed E-state index contributed by atoms with van der Waals surface area (Å²) >= 11 is 16.8. The maximum absolute atomic E-state index is 12.6. The van der Waals surface area contributed by atoms with Gasteiger partial charge in [0.1, 0.15) is 4.88 Å². The predicted molar refractivity (Wildman–Crippen MR) is 120 cm³/mol. The monoisotopic (exact) mass is 465 g/mol. The molecule has 0 atom stereocenters. The molecular weight excluding hydrogens is 453 g/mol. The first-order chi connectivity index (χ1) is 13.5. The molecule has 0 aliphatic rings. The number of nitrogens with one attached hydrogen (secondary N) is 1. The van der Waals surface area contributed by atoms with E-state index in [9.17, 15) is 4.79 Å². The average molecular weight is 466 g/mol. The van der Waals surface area contributed by atoms with Crippen LogP contribution in [0.25, 0.3) is 10.1 Å². The molecule has 4 nitrogen and oxygen atoms in total. The summed E-state index contributed by atoms with van der Waals surface area (Å²) in [5, 5.41) is 13.0. The van der Waals surface area contributed by atoms with Gasteiger partial charge < -0.3 is 0 Å². The highest BCUT2D eigenvalue weighted by molar-refractivity contribution is 8.00. The second-order valence-electron chi connectivity index (χ2n) is 5.96. The van der Waals surface area contributed by atoms with Gasteiger partial charge in [-0.1, -0.05) is 82.2 Å². The Hall–Kier alpha value is -1.64. The number of benzene rings is 2. The van der Waals surface area contributed by atoms with Crippen LogP contribution < -0.4 is 5.32 Å². The van der Waals surface area contributed by atoms with Crippen LogP contribution in [0.5, 0.6) is 0 Å². The summed E-state index contributed by atoms with van der Waals surface area (Å²) in [7, 11) is 0. The molecule has 2 heterocycles. The number of thioether (sulfide) groups is 1. The number of aromatic nitrogens is 2. The van der Waals surface area contributed by atoms with Crippen LogP contribution in [0.4, 0.5) is 5.13 Å². The van der Waals surface area contributed by atoms with E-state index in [1.807, 2.05) is 18.2 Å². The van der Waals surface area contributed by atoms with Crippen LogP contribution in [0.1, 0.15) is 20.8 Å². The van der Waals surface area contributed by atoms with E-state index in [1.54, 1.807) is 17.8 Å². The Morgan fingerprint density at radius 3 is 2.75 bits per heavy atom. The topological polar surface area (TPSA) is 54.9 Å². The van der Waals surface area contributed by atoms with E-state index >= 15 is 0 Å². The molecule has 2 aromatic heterocycles. The molecule has 0 spiro atoms. The Morgan fingerprint density at radius 2 is 1.96 bits per heavy atom. The van der Waals surface area contributed by atoms with Crippen molar-refractivity contribution in [2.75, 3.05) is 5.32 Å². The van der Waals surface area contributed by atoms with Crippen molar-refractivity contribution in [3.63, 3.8) is 0 Å². The van der Waals surface area contributed by atoms with E-state index in [1.165, 1.54) is 33.8 Å². The molecule has 0 radical (unpaired) electrons. The second-order valence-corrected chi connectivity index (χ2v) is 10.0. The third-order valence-corrected chi connectivity index (χ3v) is 7.89. The lowest BCUT2D eigenvalue weighted by Crippen LogP contribution is -2.10.